The Hall–Kier alpha value is -2.75. The minimum Gasteiger partial charge on any atom is -0.338 e. The summed E-state index contributed by atoms with van der Waals surface area (Å²) in [5, 5.41) is 9.25. The second kappa shape index (κ2) is 6.20. The Morgan fingerprint density at radius 3 is 2.38 bits per heavy atom. The van der Waals surface area contributed by atoms with E-state index in [1.807, 2.05) is 68.4 Å². The molecule has 0 aliphatic rings. The van der Waals surface area contributed by atoms with Gasteiger partial charge in [0, 0.05) is 5.30 Å². The molecule has 4 rings (SSSR count). The van der Waals surface area contributed by atoms with E-state index >= 15 is 0 Å². The summed E-state index contributed by atoms with van der Waals surface area (Å²) >= 11 is 0. The van der Waals surface area contributed by atoms with Crippen molar-refractivity contribution in [1.29, 1.82) is 0 Å². The predicted molar refractivity (Wildman–Crippen MR) is 104 cm³/mol. The molecule has 1 aromatic heterocycles. The van der Waals surface area contributed by atoms with E-state index < -0.39 is 7.37 Å². The van der Waals surface area contributed by atoms with E-state index in [2.05, 4.69) is 10.3 Å². The smallest absolute Gasteiger partial charge is 0.261 e. The van der Waals surface area contributed by atoms with Gasteiger partial charge in [-0.1, -0.05) is 47.7 Å². The number of rotatable bonds is 3. The van der Waals surface area contributed by atoms with Crippen molar-refractivity contribution in [3.8, 4) is 5.69 Å². The van der Waals surface area contributed by atoms with Crippen molar-refractivity contribution < 1.29 is 9.46 Å². The van der Waals surface area contributed by atoms with E-state index in [0.29, 0.717) is 16.3 Å². The maximum Gasteiger partial charge on any atom is 0.261 e. The molecular formula is C20H18N3O2P. The summed E-state index contributed by atoms with van der Waals surface area (Å²) < 4.78 is 15.2. The van der Waals surface area contributed by atoms with Crippen LogP contribution in [0.4, 0.5) is 0 Å². The van der Waals surface area contributed by atoms with E-state index in [1.165, 1.54) is 0 Å². The number of para-hydroxylation sites is 1. The van der Waals surface area contributed by atoms with Crippen molar-refractivity contribution in [2.45, 2.75) is 13.8 Å². The van der Waals surface area contributed by atoms with Crippen molar-refractivity contribution in [2.75, 3.05) is 0 Å². The van der Waals surface area contributed by atoms with E-state index in [0.717, 1.165) is 22.2 Å². The van der Waals surface area contributed by atoms with Crippen LogP contribution in [0.1, 0.15) is 11.1 Å². The van der Waals surface area contributed by atoms with E-state index in [1.54, 1.807) is 16.8 Å². The molecule has 1 N–H and O–H groups in total. The van der Waals surface area contributed by atoms with Crippen molar-refractivity contribution in [3.63, 3.8) is 0 Å². The highest BCUT2D eigenvalue weighted by atomic mass is 31.2. The largest absolute Gasteiger partial charge is 0.338 e. The van der Waals surface area contributed by atoms with Gasteiger partial charge in [0.2, 0.25) is 0 Å². The second-order valence-electron chi connectivity index (χ2n) is 6.30. The Morgan fingerprint density at radius 1 is 0.885 bits per heavy atom. The molecule has 26 heavy (non-hydrogen) atoms. The molecule has 0 aliphatic heterocycles. The fourth-order valence-electron chi connectivity index (χ4n) is 3.28. The first-order valence-electron chi connectivity index (χ1n) is 8.30. The molecular weight excluding hydrogens is 345 g/mol. The first kappa shape index (κ1) is 16.7. The summed E-state index contributed by atoms with van der Waals surface area (Å²) in [6.45, 7) is 3.69. The van der Waals surface area contributed by atoms with Gasteiger partial charge in [0.25, 0.3) is 7.37 Å². The van der Waals surface area contributed by atoms with Crippen molar-refractivity contribution >= 4 is 29.0 Å². The quantitative estimate of drug-likeness (QED) is 0.568. The number of benzene rings is 3. The molecule has 5 nitrogen and oxygen atoms in total. The standard InChI is InChI=1S/C20H18N3O2P/c1-14-8-3-6-13-19(14)26(24,25)20-15(2)9-7-12-18(20)23-17-11-5-4-10-16(17)21-22-23/h3-13H,1-2H3,(H,24,25). The normalized spacial score (nSPS) is 13.7. The Bertz CT molecular complexity index is 1170. The lowest BCUT2D eigenvalue weighted by Crippen LogP contribution is -2.24. The van der Waals surface area contributed by atoms with Gasteiger partial charge < -0.3 is 4.89 Å². The highest BCUT2D eigenvalue weighted by Gasteiger charge is 2.31. The molecule has 0 amide bonds. The maximum atomic E-state index is 13.6. The third-order valence-corrected chi connectivity index (χ3v) is 6.88. The second-order valence-corrected chi connectivity index (χ2v) is 8.38. The molecule has 3 aromatic carbocycles. The fourth-order valence-corrected chi connectivity index (χ4v) is 5.39. The number of hydrogen-bond donors (Lipinski definition) is 1. The topological polar surface area (TPSA) is 68.0 Å². The van der Waals surface area contributed by atoms with Gasteiger partial charge in [-0.25, -0.2) is 4.68 Å². The zero-order valence-electron chi connectivity index (χ0n) is 14.5. The summed E-state index contributed by atoms with van der Waals surface area (Å²) in [4.78, 5) is 11.2. The summed E-state index contributed by atoms with van der Waals surface area (Å²) in [5.74, 6) is 0. The number of aryl methyl sites for hydroxylation is 2. The summed E-state index contributed by atoms with van der Waals surface area (Å²) in [5.41, 5.74) is 3.65. The van der Waals surface area contributed by atoms with E-state index in [9.17, 15) is 9.46 Å². The highest BCUT2D eigenvalue weighted by Crippen LogP contribution is 2.42. The molecule has 0 aliphatic carbocycles. The molecule has 0 saturated carbocycles. The molecule has 4 aromatic rings. The molecule has 0 saturated heterocycles. The van der Waals surface area contributed by atoms with Crippen LogP contribution in [0, 0.1) is 13.8 Å². The minimum absolute atomic E-state index is 0.393. The third-order valence-electron chi connectivity index (χ3n) is 4.54. The van der Waals surface area contributed by atoms with Crippen LogP contribution in [0.25, 0.3) is 16.7 Å². The van der Waals surface area contributed by atoms with Crippen LogP contribution >= 0.6 is 7.37 Å². The predicted octanol–water partition coefficient (Wildman–Crippen LogP) is 3.26. The first-order chi connectivity index (χ1) is 12.5. The van der Waals surface area contributed by atoms with Crippen LogP contribution in [0.5, 0.6) is 0 Å². The van der Waals surface area contributed by atoms with Gasteiger partial charge in [-0.15, -0.1) is 5.10 Å². The van der Waals surface area contributed by atoms with Gasteiger partial charge in [-0.05, 0) is 49.2 Å². The molecule has 0 spiro atoms. The molecule has 0 bridgehead atoms. The molecule has 6 heteroatoms. The van der Waals surface area contributed by atoms with Gasteiger partial charge in [-0.2, -0.15) is 0 Å². The van der Waals surface area contributed by atoms with Crippen molar-refractivity contribution in [2.24, 2.45) is 0 Å². The van der Waals surface area contributed by atoms with Crippen LogP contribution in [0.15, 0.2) is 66.7 Å². The Morgan fingerprint density at radius 2 is 1.58 bits per heavy atom. The Balaban J connectivity index is 2.02. The summed E-state index contributed by atoms with van der Waals surface area (Å²) in [6, 6.07) is 20.3. The molecule has 1 heterocycles. The Kier molecular flexibility index (Phi) is 3.98. The molecule has 1 atom stereocenters. The van der Waals surface area contributed by atoms with Gasteiger partial charge in [0.15, 0.2) is 0 Å². The number of nitrogens with zero attached hydrogens (tertiary/aromatic N) is 3. The number of fused-ring (bicyclic) bond motifs is 1. The SMILES string of the molecule is Cc1ccccc1P(=O)(O)c1c(C)cccc1-n1nnc2ccccc21. The third kappa shape index (κ3) is 2.57. The van der Waals surface area contributed by atoms with Crippen LogP contribution < -0.4 is 10.6 Å². The maximum absolute atomic E-state index is 13.6. The van der Waals surface area contributed by atoms with Crippen molar-refractivity contribution in [3.05, 3.63) is 77.9 Å². The molecule has 130 valence electrons. The van der Waals surface area contributed by atoms with Gasteiger partial charge in [-0.3, -0.25) is 4.57 Å². The van der Waals surface area contributed by atoms with E-state index in [-0.39, 0.29) is 0 Å². The summed E-state index contributed by atoms with van der Waals surface area (Å²) in [6.07, 6.45) is 0. The van der Waals surface area contributed by atoms with Crippen LogP contribution in [-0.4, -0.2) is 19.9 Å². The average Bonchev–Trinajstić information content (AvgIpc) is 3.05. The molecule has 1 unspecified atom stereocenters. The van der Waals surface area contributed by atoms with Gasteiger partial charge in [0.05, 0.1) is 16.5 Å². The van der Waals surface area contributed by atoms with Crippen LogP contribution in [-0.2, 0) is 4.57 Å². The fraction of sp³-hybridized carbons (Fsp3) is 0.100. The molecule has 0 fully saturated rings. The summed E-state index contributed by atoms with van der Waals surface area (Å²) in [7, 11) is -3.82. The lowest BCUT2D eigenvalue weighted by molar-refractivity contribution is 0.500. The Labute approximate surface area is 151 Å². The zero-order valence-corrected chi connectivity index (χ0v) is 15.4. The highest BCUT2D eigenvalue weighted by molar-refractivity contribution is 7.74. The van der Waals surface area contributed by atoms with Crippen LogP contribution in [0.3, 0.4) is 0 Å². The first-order valence-corrected chi connectivity index (χ1v) is 9.96. The number of hydrogen-bond acceptors (Lipinski definition) is 3. The van der Waals surface area contributed by atoms with Crippen molar-refractivity contribution in [1.82, 2.24) is 15.0 Å². The number of aromatic nitrogens is 3. The minimum atomic E-state index is -3.82. The lowest BCUT2D eigenvalue weighted by Gasteiger charge is -2.20. The zero-order chi connectivity index (χ0) is 18.3. The van der Waals surface area contributed by atoms with Crippen LogP contribution in [0.2, 0.25) is 0 Å². The van der Waals surface area contributed by atoms with Gasteiger partial charge >= 0.3 is 0 Å². The lowest BCUT2D eigenvalue weighted by atomic mass is 10.2. The van der Waals surface area contributed by atoms with Gasteiger partial charge in [0.1, 0.15) is 5.52 Å². The monoisotopic (exact) mass is 363 g/mol. The average molecular weight is 363 g/mol. The van der Waals surface area contributed by atoms with E-state index in [4.69, 9.17) is 0 Å². The molecule has 0 radical (unpaired) electrons.